The molecule has 3 rings (SSSR count). The SMILES string of the molecule is O=C(O)Nc1ccc(Cc2ccc(NC(=O)OC/C=C/c3cccc(/C=C/CO)n3)cc2)cc1. The summed E-state index contributed by atoms with van der Waals surface area (Å²) in [5.74, 6) is 0. The van der Waals surface area contributed by atoms with Crippen molar-refractivity contribution in [3.05, 3.63) is 101 Å². The fraction of sp³-hybridized carbons (Fsp3) is 0.115. The Bertz CT molecular complexity index is 1160. The molecule has 0 aliphatic rings. The van der Waals surface area contributed by atoms with Crippen molar-refractivity contribution in [1.29, 1.82) is 0 Å². The third kappa shape index (κ3) is 8.25. The van der Waals surface area contributed by atoms with Gasteiger partial charge in [-0.15, -0.1) is 0 Å². The highest BCUT2D eigenvalue weighted by Crippen LogP contribution is 2.16. The van der Waals surface area contributed by atoms with E-state index in [9.17, 15) is 9.59 Å². The van der Waals surface area contributed by atoms with E-state index in [-0.39, 0.29) is 13.2 Å². The second-order valence-corrected chi connectivity index (χ2v) is 7.20. The quantitative estimate of drug-likeness (QED) is 0.356. The van der Waals surface area contributed by atoms with E-state index in [1.54, 1.807) is 48.6 Å². The van der Waals surface area contributed by atoms with Gasteiger partial charge in [0.05, 0.1) is 18.0 Å². The molecule has 0 bridgehead atoms. The lowest BCUT2D eigenvalue weighted by Gasteiger charge is -2.07. The predicted octanol–water partition coefficient (Wildman–Crippen LogP) is 5.03. The lowest BCUT2D eigenvalue weighted by Crippen LogP contribution is -2.13. The monoisotopic (exact) mass is 459 g/mol. The van der Waals surface area contributed by atoms with Gasteiger partial charge in [-0.3, -0.25) is 10.6 Å². The fourth-order valence-electron chi connectivity index (χ4n) is 3.05. The molecule has 0 aliphatic carbocycles. The van der Waals surface area contributed by atoms with Crippen molar-refractivity contribution in [1.82, 2.24) is 4.98 Å². The van der Waals surface area contributed by atoms with Crippen LogP contribution in [0, 0.1) is 0 Å². The van der Waals surface area contributed by atoms with Crippen molar-refractivity contribution in [2.75, 3.05) is 23.8 Å². The van der Waals surface area contributed by atoms with Crippen molar-refractivity contribution in [3.63, 3.8) is 0 Å². The van der Waals surface area contributed by atoms with E-state index in [4.69, 9.17) is 14.9 Å². The van der Waals surface area contributed by atoms with Gasteiger partial charge in [-0.05, 0) is 72.2 Å². The number of ether oxygens (including phenoxy) is 1. The number of aromatic nitrogens is 1. The van der Waals surface area contributed by atoms with Gasteiger partial charge in [-0.2, -0.15) is 0 Å². The molecule has 0 radical (unpaired) electrons. The van der Waals surface area contributed by atoms with Gasteiger partial charge in [0, 0.05) is 11.4 Å². The minimum atomic E-state index is -1.10. The third-order valence-corrected chi connectivity index (χ3v) is 4.60. The summed E-state index contributed by atoms with van der Waals surface area (Å²) in [7, 11) is 0. The Hall–Kier alpha value is -4.43. The van der Waals surface area contributed by atoms with Crippen LogP contribution >= 0.6 is 0 Å². The second kappa shape index (κ2) is 12.6. The van der Waals surface area contributed by atoms with Crippen molar-refractivity contribution in [2.24, 2.45) is 0 Å². The van der Waals surface area contributed by atoms with E-state index < -0.39 is 12.2 Å². The van der Waals surface area contributed by atoms with Crippen molar-refractivity contribution >= 4 is 35.7 Å². The molecule has 2 aromatic carbocycles. The van der Waals surface area contributed by atoms with Crippen molar-refractivity contribution < 1.29 is 24.5 Å². The largest absolute Gasteiger partial charge is 0.465 e. The summed E-state index contributed by atoms with van der Waals surface area (Å²) in [6.45, 7) is 0.0460. The smallest absolute Gasteiger partial charge is 0.411 e. The van der Waals surface area contributed by atoms with E-state index in [2.05, 4.69) is 15.6 Å². The number of nitrogens with zero attached hydrogens (tertiary/aromatic N) is 1. The number of amides is 2. The highest BCUT2D eigenvalue weighted by molar-refractivity contribution is 5.84. The first-order valence-electron chi connectivity index (χ1n) is 10.5. The normalized spacial score (nSPS) is 11.0. The minimum Gasteiger partial charge on any atom is -0.465 e. The fourth-order valence-corrected chi connectivity index (χ4v) is 3.05. The maximum Gasteiger partial charge on any atom is 0.411 e. The maximum atomic E-state index is 12.0. The molecule has 34 heavy (non-hydrogen) atoms. The van der Waals surface area contributed by atoms with E-state index in [1.165, 1.54) is 0 Å². The second-order valence-electron chi connectivity index (χ2n) is 7.20. The summed E-state index contributed by atoms with van der Waals surface area (Å²) < 4.78 is 5.17. The van der Waals surface area contributed by atoms with Gasteiger partial charge >= 0.3 is 12.2 Å². The first-order chi connectivity index (χ1) is 16.5. The van der Waals surface area contributed by atoms with Crippen LogP contribution in [0.4, 0.5) is 21.0 Å². The molecule has 174 valence electrons. The molecular formula is C26H25N3O5. The van der Waals surface area contributed by atoms with E-state index >= 15 is 0 Å². The molecule has 1 aromatic heterocycles. The number of carbonyl (C=O) groups is 2. The zero-order valence-electron chi connectivity index (χ0n) is 18.3. The summed E-state index contributed by atoms with van der Waals surface area (Å²) in [4.78, 5) is 27.1. The molecule has 0 spiro atoms. The Morgan fingerprint density at radius 1 is 0.824 bits per heavy atom. The van der Waals surface area contributed by atoms with Gasteiger partial charge in [0.1, 0.15) is 6.61 Å². The van der Waals surface area contributed by atoms with Crippen LogP contribution in [0.3, 0.4) is 0 Å². The molecule has 4 N–H and O–H groups in total. The highest BCUT2D eigenvalue weighted by atomic mass is 16.5. The van der Waals surface area contributed by atoms with Gasteiger partial charge in [-0.1, -0.05) is 36.4 Å². The van der Waals surface area contributed by atoms with Crippen LogP contribution in [-0.2, 0) is 11.2 Å². The Morgan fingerprint density at radius 2 is 1.38 bits per heavy atom. The lowest BCUT2D eigenvalue weighted by atomic mass is 10.0. The molecule has 0 fully saturated rings. The summed E-state index contributed by atoms with van der Waals surface area (Å²) in [6.07, 6.45) is 5.79. The summed E-state index contributed by atoms with van der Waals surface area (Å²) >= 11 is 0. The van der Waals surface area contributed by atoms with Crippen LogP contribution in [0.25, 0.3) is 12.2 Å². The first-order valence-corrected chi connectivity index (χ1v) is 10.5. The molecule has 8 heteroatoms. The molecule has 2 amide bonds. The molecule has 0 unspecified atom stereocenters. The molecular weight excluding hydrogens is 434 g/mol. The number of anilines is 2. The zero-order chi connectivity index (χ0) is 24.2. The van der Waals surface area contributed by atoms with Gasteiger partial charge in [0.2, 0.25) is 0 Å². The maximum absolute atomic E-state index is 12.0. The van der Waals surface area contributed by atoms with Gasteiger partial charge in [0.15, 0.2) is 0 Å². The number of pyridine rings is 1. The van der Waals surface area contributed by atoms with Crippen molar-refractivity contribution in [2.45, 2.75) is 6.42 Å². The summed E-state index contributed by atoms with van der Waals surface area (Å²) in [5.41, 5.74) is 4.66. The van der Waals surface area contributed by atoms with Gasteiger partial charge in [0.25, 0.3) is 0 Å². The highest BCUT2D eigenvalue weighted by Gasteiger charge is 2.04. The topological polar surface area (TPSA) is 121 Å². The number of hydrogen-bond acceptors (Lipinski definition) is 5. The Balaban J connectivity index is 1.44. The van der Waals surface area contributed by atoms with Gasteiger partial charge < -0.3 is 14.9 Å². The van der Waals surface area contributed by atoms with Crippen LogP contribution in [0.1, 0.15) is 22.5 Å². The van der Waals surface area contributed by atoms with Crippen LogP contribution in [-0.4, -0.2) is 40.6 Å². The van der Waals surface area contributed by atoms with Crippen LogP contribution < -0.4 is 10.6 Å². The summed E-state index contributed by atoms with van der Waals surface area (Å²) in [5, 5.41) is 22.6. The molecule has 1 heterocycles. The zero-order valence-corrected chi connectivity index (χ0v) is 18.3. The minimum absolute atomic E-state index is 0.0463. The molecule has 8 nitrogen and oxygen atoms in total. The molecule has 3 aromatic rings. The Kier molecular flexibility index (Phi) is 8.95. The Morgan fingerprint density at radius 3 is 1.94 bits per heavy atom. The van der Waals surface area contributed by atoms with E-state index in [0.29, 0.717) is 23.5 Å². The summed E-state index contributed by atoms with van der Waals surface area (Å²) in [6, 6.07) is 20.1. The molecule has 0 saturated carbocycles. The number of benzene rings is 2. The van der Waals surface area contributed by atoms with Crippen LogP contribution in [0.15, 0.2) is 78.9 Å². The van der Waals surface area contributed by atoms with Crippen molar-refractivity contribution in [3.8, 4) is 0 Å². The third-order valence-electron chi connectivity index (χ3n) is 4.60. The predicted molar refractivity (Wildman–Crippen MR) is 132 cm³/mol. The lowest BCUT2D eigenvalue weighted by molar-refractivity contribution is 0.174. The number of rotatable bonds is 9. The van der Waals surface area contributed by atoms with Gasteiger partial charge in [-0.25, -0.2) is 14.6 Å². The number of hydrogen-bond donors (Lipinski definition) is 4. The van der Waals surface area contributed by atoms with E-state index in [0.717, 1.165) is 16.8 Å². The van der Waals surface area contributed by atoms with E-state index in [1.807, 2.05) is 42.5 Å². The average Bonchev–Trinajstić information content (AvgIpc) is 2.83. The number of nitrogens with one attached hydrogen (secondary N) is 2. The molecule has 0 aliphatic heterocycles. The Labute approximate surface area is 197 Å². The number of carboxylic acid groups (broad SMARTS) is 1. The van der Waals surface area contributed by atoms with Crippen LogP contribution in [0.5, 0.6) is 0 Å². The number of aliphatic hydroxyl groups excluding tert-OH is 1. The molecule has 0 atom stereocenters. The van der Waals surface area contributed by atoms with Crippen LogP contribution in [0.2, 0.25) is 0 Å². The molecule has 0 saturated heterocycles. The first kappa shape index (κ1) is 24.2. The number of carbonyl (C=O) groups excluding carboxylic acids is 1. The number of aliphatic hydroxyl groups is 1. The standard InChI is InChI=1S/C26H25N3O5/c30-16-2-6-21-4-1-5-22(27-21)7-3-17-34-26(33)29-24-14-10-20(11-15-24)18-19-8-12-23(13-9-19)28-25(31)32/h1-15,28,30H,16-18H2,(H,29,33)(H,31,32)/b6-2+,7-3+. The average molecular weight is 460 g/mol.